The number of anilines is 3. The van der Waals surface area contributed by atoms with E-state index >= 15 is 0 Å². The second-order valence-corrected chi connectivity index (χ2v) is 18.6. The topological polar surface area (TPSA) is 29.3 Å². The first kappa shape index (κ1) is 35.1. The van der Waals surface area contributed by atoms with Gasteiger partial charge in [0.25, 0.3) is 0 Å². The number of furan rings is 1. The summed E-state index contributed by atoms with van der Waals surface area (Å²) in [6.45, 7) is 0. The van der Waals surface area contributed by atoms with Crippen molar-refractivity contribution in [1.82, 2.24) is 4.98 Å². The molecule has 4 fully saturated rings. The Labute approximate surface area is 357 Å². The van der Waals surface area contributed by atoms with Gasteiger partial charge in [0, 0.05) is 34.4 Å². The van der Waals surface area contributed by atoms with Crippen LogP contribution in [0.5, 0.6) is 0 Å². The number of para-hydroxylation sites is 1. The molecule has 3 heteroatoms. The standard InChI is InChI=1S/C58H46N2O/c1-3-11-44(12-4-1)58(45-13-5-2-6-14-45)52-17-9-7-15-48(52)49-28-27-47(32-53(49)58)60(56-33-55-51(37-59-56)50-16-8-10-18-54(50)61-55)46-25-21-42(22-26-46)41-19-23-43(24-20-41)57-34-38-29-39(35-57)31-40(30-38)36-57/h1-28,32-33,37-40H,29-31,34-36H2. The number of aromatic nitrogens is 1. The van der Waals surface area contributed by atoms with Crippen LogP contribution in [0.3, 0.4) is 0 Å². The molecule has 3 nitrogen and oxygen atoms in total. The van der Waals surface area contributed by atoms with Gasteiger partial charge in [0.05, 0.1) is 5.41 Å². The van der Waals surface area contributed by atoms with Gasteiger partial charge in [-0.3, -0.25) is 4.90 Å². The molecule has 5 aliphatic carbocycles. The Balaban J connectivity index is 0.949. The lowest BCUT2D eigenvalue weighted by Gasteiger charge is -2.57. The number of fused-ring (bicyclic) bond motifs is 6. The van der Waals surface area contributed by atoms with E-state index in [4.69, 9.17) is 9.40 Å². The van der Waals surface area contributed by atoms with Gasteiger partial charge in [0.15, 0.2) is 0 Å². The molecule has 14 rings (SSSR count). The van der Waals surface area contributed by atoms with Crippen molar-refractivity contribution in [2.45, 2.75) is 49.4 Å². The highest BCUT2D eigenvalue weighted by Crippen LogP contribution is 2.61. The number of pyridine rings is 1. The van der Waals surface area contributed by atoms with Crippen LogP contribution in [0.2, 0.25) is 0 Å². The van der Waals surface area contributed by atoms with E-state index in [2.05, 4.69) is 175 Å². The molecule has 2 heterocycles. The molecule has 61 heavy (non-hydrogen) atoms. The normalized spacial score (nSPS) is 21.7. The van der Waals surface area contributed by atoms with E-state index in [1.54, 1.807) is 5.56 Å². The van der Waals surface area contributed by atoms with Crippen LogP contribution in [0.4, 0.5) is 17.2 Å². The number of hydrogen-bond acceptors (Lipinski definition) is 3. The molecule has 7 aromatic carbocycles. The quantitative estimate of drug-likeness (QED) is 0.161. The van der Waals surface area contributed by atoms with Gasteiger partial charge >= 0.3 is 0 Å². The van der Waals surface area contributed by atoms with E-state index in [0.29, 0.717) is 5.41 Å². The van der Waals surface area contributed by atoms with Crippen molar-refractivity contribution in [2.75, 3.05) is 4.90 Å². The van der Waals surface area contributed by atoms with Crippen molar-refractivity contribution >= 4 is 39.1 Å². The molecule has 0 N–H and O–H groups in total. The van der Waals surface area contributed by atoms with Crippen LogP contribution >= 0.6 is 0 Å². The molecular weight excluding hydrogens is 741 g/mol. The summed E-state index contributed by atoms with van der Waals surface area (Å²) >= 11 is 0. The summed E-state index contributed by atoms with van der Waals surface area (Å²) in [6.07, 6.45) is 10.6. The predicted octanol–water partition coefficient (Wildman–Crippen LogP) is 14.9. The minimum absolute atomic E-state index is 0.404. The van der Waals surface area contributed by atoms with Crippen molar-refractivity contribution in [3.05, 3.63) is 216 Å². The maximum absolute atomic E-state index is 6.48. The molecule has 0 unspecified atom stereocenters. The van der Waals surface area contributed by atoms with Crippen LogP contribution in [0.25, 0.3) is 44.2 Å². The van der Waals surface area contributed by atoms with Gasteiger partial charge in [-0.2, -0.15) is 0 Å². The van der Waals surface area contributed by atoms with Crippen molar-refractivity contribution in [3.63, 3.8) is 0 Å². The highest BCUT2D eigenvalue weighted by atomic mass is 16.3. The van der Waals surface area contributed by atoms with Gasteiger partial charge in [-0.1, -0.05) is 146 Å². The Bertz CT molecular complexity index is 3030. The summed E-state index contributed by atoms with van der Waals surface area (Å²) in [4.78, 5) is 7.50. The molecule has 9 aromatic rings. The second-order valence-electron chi connectivity index (χ2n) is 18.6. The fourth-order valence-electron chi connectivity index (χ4n) is 13.0. The Morgan fingerprint density at radius 2 is 1.03 bits per heavy atom. The summed E-state index contributed by atoms with van der Waals surface area (Å²) in [7, 11) is 0. The average molecular weight is 787 g/mol. The second kappa shape index (κ2) is 13.4. The maximum Gasteiger partial charge on any atom is 0.141 e. The lowest BCUT2D eigenvalue weighted by atomic mass is 9.48. The lowest BCUT2D eigenvalue weighted by Crippen LogP contribution is -2.48. The Kier molecular flexibility index (Phi) is 7.71. The first-order valence-electron chi connectivity index (χ1n) is 22.3. The number of nitrogens with zero attached hydrogens (tertiary/aromatic N) is 2. The zero-order chi connectivity index (χ0) is 40.1. The summed E-state index contributed by atoms with van der Waals surface area (Å²) in [5.74, 6) is 3.63. The molecule has 2 aromatic heterocycles. The van der Waals surface area contributed by atoms with Gasteiger partial charge in [0.1, 0.15) is 17.0 Å². The molecule has 4 bridgehead atoms. The molecular formula is C58H46N2O. The molecule has 0 amide bonds. The minimum atomic E-state index is -0.515. The van der Waals surface area contributed by atoms with Crippen LogP contribution < -0.4 is 4.90 Å². The van der Waals surface area contributed by atoms with Gasteiger partial charge in [0.2, 0.25) is 0 Å². The van der Waals surface area contributed by atoms with Crippen molar-refractivity contribution < 1.29 is 4.42 Å². The van der Waals surface area contributed by atoms with E-state index in [1.165, 1.54) is 83.0 Å². The van der Waals surface area contributed by atoms with Crippen LogP contribution in [0.15, 0.2) is 193 Å². The monoisotopic (exact) mass is 786 g/mol. The molecule has 0 aliphatic heterocycles. The maximum atomic E-state index is 6.48. The smallest absolute Gasteiger partial charge is 0.141 e. The Morgan fingerprint density at radius 1 is 0.459 bits per heavy atom. The zero-order valence-corrected chi connectivity index (χ0v) is 34.2. The van der Waals surface area contributed by atoms with Gasteiger partial charge in [-0.25, -0.2) is 4.98 Å². The highest BCUT2D eigenvalue weighted by molar-refractivity contribution is 6.05. The van der Waals surface area contributed by atoms with E-state index in [9.17, 15) is 0 Å². The first-order valence-corrected chi connectivity index (χ1v) is 22.3. The summed E-state index contributed by atoms with van der Waals surface area (Å²) in [5.41, 5.74) is 15.3. The first-order chi connectivity index (χ1) is 30.1. The summed E-state index contributed by atoms with van der Waals surface area (Å²) in [6, 6.07) is 67.1. The fourth-order valence-corrected chi connectivity index (χ4v) is 13.0. The van der Waals surface area contributed by atoms with Crippen LogP contribution in [0.1, 0.15) is 66.3 Å². The van der Waals surface area contributed by atoms with Gasteiger partial charge in [-0.05, 0) is 142 Å². The molecule has 0 radical (unpaired) electrons. The predicted molar refractivity (Wildman–Crippen MR) is 249 cm³/mol. The summed E-state index contributed by atoms with van der Waals surface area (Å²) in [5, 5.41) is 2.09. The van der Waals surface area contributed by atoms with E-state index in [0.717, 1.165) is 56.9 Å². The van der Waals surface area contributed by atoms with Crippen LogP contribution in [-0.2, 0) is 10.8 Å². The molecule has 4 saturated carbocycles. The largest absolute Gasteiger partial charge is 0.456 e. The zero-order valence-electron chi connectivity index (χ0n) is 34.2. The molecule has 0 atom stereocenters. The van der Waals surface area contributed by atoms with E-state index < -0.39 is 5.41 Å². The highest BCUT2D eigenvalue weighted by Gasteiger charge is 2.51. The van der Waals surface area contributed by atoms with Gasteiger partial charge in [-0.15, -0.1) is 0 Å². The SMILES string of the molecule is c1ccc(C2(c3ccccc3)c3ccccc3-c3ccc(N(c4ccc(-c5ccc(C67CC8CC(CC(C8)C6)C7)cc5)cc4)c4cc5oc6ccccc6c5cn4)cc32)cc1. The van der Waals surface area contributed by atoms with Gasteiger partial charge < -0.3 is 4.42 Å². The third kappa shape index (κ3) is 5.32. The van der Waals surface area contributed by atoms with E-state index in [-0.39, 0.29) is 0 Å². The lowest BCUT2D eigenvalue weighted by molar-refractivity contribution is -0.00518. The van der Waals surface area contributed by atoms with Crippen molar-refractivity contribution in [2.24, 2.45) is 17.8 Å². The number of rotatable bonds is 7. The summed E-state index contributed by atoms with van der Waals surface area (Å²) < 4.78 is 6.48. The third-order valence-electron chi connectivity index (χ3n) is 15.2. The third-order valence-corrected chi connectivity index (χ3v) is 15.2. The van der Waals surface area contributed by atoms with Crippen molar-refractivity contribution in [1.29, 1.82) is 0 Å². The molecule has 5 aliphatic rings. The molecule has 294 valence electrons. The average Bonchev–Trinajstić information content (AvgIpc) is 3.83. The number of hydrogen-bond donors (Lipinski definition) is 0. The minimum Gasteiger partial charge on any atom is -0.456 e. The number of benzene rings is 7. The molecule has 0 spiro atoms. The fraction of sp³-hybridized carbons (Fsp3) is 0.190. The Hall–Kier alpha value is -6.71. The molecule has 0 saturated heterocycles. The van der Waals surface area contributed by atoms with Crippen molar-refractivity contribution in [3.8, 4) is 22.3 Å². The van der Waals surface area contributed by atoms with Crippen LogP contribution in [-0.4, -0.2) is 4.98 Å². The van der Waals surface area contributed by atoms with Crippen LogP contribution in [0, 0.1) is 17.8 Å². The Morgan fingerprint density at radius 3 is 1.72 bits per heavy atom. The van der Waals surface area contributed by atoms with E-state index in [1.807, 2.05) is 18.3 Å².